The third-order valence-electron chi connectivity index (χ3n) is 2.58. The summed E-state index contributed by atoms with van der Waals surface area (Å²) >= 11 is 0. The van der Waals surface area contributed by atoms with E-state index in [0.717, 1.165) is 0 Å². The second kappa shape index (κ2) is 6.41. The summed E-state index contributed by atoms with van der Waals surface area (Å²) in [6.07, 6.45) is 0. The van der Waals surface area contributed by atoms with Crippen LogP contribution in [0, 0.1) is 11.3 Å². The predicted octanol–water partition coefficient (Wildman–Crippen LogP) is 0.870. The first-order valence-electron chi connectivity index (χ1n) is 5.63. The van der Waals surface area contributed by atoms with Crippen LogP contribution in [-0.4, -0.2) is 46.2 Å². The van der Waals surface area contributed by atoms with Crippen molar-refractivity contribution in [1.29, 1.82) is 5.26 Å². The van der Waals surface area contributed by atoms with Gasteiger partial charge in [0, 0.05) is 26.7 Å². The van der Waals surface area contributed by atoms with Crippen LogP contribution in [0.4, 0.5) is 5.69 Å². The molecule has 0 atom stereocenters. The van der Waals surface area contributed by atoms with Crippen molar-refractivity contribution in [2.75, 3.05) is 38.8 Å². The van der Waals surface area contributed by atoms with Crippen LogP contribution in [0.15, 0.2) is 18.2 Å². The number of benzene rings is 1. The van der Waals surface area contributed by atoms with E-state index >= 15 is 0 Å². The molecule has 0 bridgehead atoms. The van der Waals surface area contributed by atoms with E-state index < -0.39 is 10.0 Å². The van der Waals surface area contributed by atoms with E-state index in [9.17, 15) is 8.42 Å². The molecule has 1 N–H and O–H groups in total. The highest BCUT2D eigenvalue weighted by molar-refractivity contribution is 7.89. The molecule has 0 unspecified atom stereocenters. The highest BCUT2D eigenvalue weighted by Crippen LogP contribution is 2.21. The number of rotatable bonds is 6. The Labute approximate surface area is 113 Å². The molecular weight excluding hydrogens is 266 g/mol. The van der Waals surface area contributed by atoms with Crippen molar-refractivity contribution < 1.29 is 13.2 Å². The molecule has 0 radical (unpaired) electrons. The number of hydrogen-bond donors (Lipinski definition) is 1. The van der Waals surface area contributed by atoms with Crippen molar-refractivity contribution in [1.82, 2.24) is 4.31 Å². The second-order valence-corrected chi connectivity index (χ2v) is 6.35. The van der Waals surface area contributed by atoms with E-state index in [-0.39, 0.29) is 12.3 Å². The lowest BCUT2D eigenvalue weighted by Gasteiger charge is -2.13. The molecule has 0 aliphatic rings. The summed E-state index contributed by atoms with van der Waals surface area (Å²) in [5.74, 6) is 0.569. The number of methoxy groups -OCH3 is 1. The first-order valence-corrected chi connectivity index (χ1v) is 7.24. The van der Waals surface area contributed by atoms with Gasteiger partial charge in [0.25, 0.3) is 0 Å². The summed E-state index contributed by atoms with van der Waals surface area (Å²) in [6, 6.07) is 7.01. The van der Waals surface area contributed by atoms with E-state index in [4.69, 9.17) is 10.00 Å². The van der Waals surface area contributed by atoms with Gasteiger partial charge in [0.05, 0.1) is 24.1 Å². The van der Waals surface area contributed by atoms with Gasteiger partial charge >= 0.3 is 0 Å². The molecule has 6 nitrogen and oxygen atoms in total. The topological polar surface area (TPSA) is 82.4 Å². The van der Waals surface area contributed by atoms with Crippen molar-refractivity contribution >= 4 is 15.7 Å². The fraction of sp³-hybridized carbons (Fsp3) is 0.417. The lowest BCUT2D eigenvalue weighted by molar-refractivity contribution is 0.415. The van der Waals surface area contributed by atoms with E-state index in [2.05, 4.69) is 5.32 Å². The molecule has 1 rings (SSSR count). The SMILES string of the molecule is COc1ccc(C#N)c(NCCS(=O)(=O)N(C)C)c1. The molecule has 1 aromatic rings. The van der Waals surface area contributed by atoms with Crippen molar-refractivity contribution in [2.45, 2.75) is 0 Å². The van der Waals surface area contributed by atoms with E-state index in [1.807, 2.05) is 6.07 Å². The zero-order valence-corrected chi connectivity index (χ0v) is 12.0. The molecule has 0 amide bonds. The minimum atomic E-state index is -3.25. The van der Waals surface area contributed by atoms with E-state index in [1.165, 1.54) is 25.5 Å². The van der Waals surface area contributed by atoms with Crippen LogP contribution >= 0.6 is 0 Å². The summed E-state index contributed by atoms with van der Waals surface area (Å²) in [5.41, 5.74) is 1.01. The van der Waals surface area contributed by atoms with Crippen LogP contribution < -0.4 is 10.1 Å². The average molecular weight is 283 g/mol. The van der Waals surface area contributed by atoms with Gasteiger partial charge in [-0.2, -0.15) is 5.26 Å². The summed E-state index contributed by atoms with van der Waals surface area (Å²) in [4.78, 5) is 0. The first kappa shape index (κ1) is 15.3. The summed E-state index contributed by atoms with van der Waals surface area (Å²) in [6.45, 7) is 0.225. The number of hydrogen-bond acceptors (Lipinski definition) is 5. The number of ether oxygens (including phenoxy) is 1. The van der Waals surface area contributed by atoms with Crippen LogP contribution in [0.5, 0.6) is 5.75 Å². The van der Waals surface area contributed by atoms with Gasteiger partial charge in [0.15, 0.2) is 0 Å². The monoisotopic (exact) mass is 283 g/mol. The van der Waals surface area contributed by atoms with Gasteiger partial charge in [0.2, 0.25) is 10.0 Å². The molecule has 0 aliphatic carbocycles. The second-order valence-electron chi connectivity index (χ2n) is 4.05. The largest absolute Gasteiger partial charge is 0.497 e. The van der Waals surface area contributed by atoms with Gasteiger partial charge in [-0.1, -0.05) is 0 Å². The molecule has 0 aromatic heterocycles. The zero-order valence-electron chi connectivity index (χ0n) is 11.2. The molecule has 19 heavy (non-hydrogen) atoms. The van der Waals surface area contributed by atoms with Crippen LogP contribution in [0.3, 0.4) is 0 Å². The van der Waals surface area contributed by atoms with Crippen LogP contribution in [0.25, 0.3) is 0 Å². The Balaban J connectivity index is 2.75. The van der Waals surface area contributed by atoms with Crippen LogP contribution in [0.1, 0.15) is 5.56 Å². The highest BCUT2D eigenvalue weighted by atomic mass is 32.2. The van der Waals surface area contributed by atoms with Gasteiger partial charge in [0.1, 0.15) is 11.8 Å². The molecule has 0 saturated heterocycles. The van der Waals surface area contributed by atoms with Gasteiger partial charge in [-0.3, -0.25) is 0 Å². The molecule has 0 heterocycles. The number of nitrogens with zero attached hydrogens (tertiary/aromatic N) is 2. The Morgan fingerprint density at radius 3 is 2.63 bits per heavy atom. The number of nitrogens with one attached hydrogen (secondary N) is 1. The molecule has 0 saturated carbocycles. The number of nitriles is 1. The van der Waals surface area contributed by atoms with Crippen molar-refractivity contribution in [3.8, 4) is 11.8 Å². The normalized spacial score (nSPS) is 11.1. The lowest BCUT2D eigenvalue weighted by atomic mass is 10.2. The van der Waals surface area contributed by atoms with Gasteiger partial charge in [-0.15, -0.1) is 0 Å². The zero-order chi connectivity index (χ0) is 14.5. The predicted molar refractivity (Wildman–Crippen MR) is 73.7 cm³/mol. The molecule has 0 fully saturated rings. The Hall–Kier alpha value is -1.78. The highest BCUT2D eigenvalue weighted by Gasteiger charge is 2.13. The molecule has 0 spiro atoms. The Bertz CT molecular complexity index is 576. The van der Waals surface area contributed by atoms with Crippen molar-refractivity contribution in [3.05, 3.63) is 23.8 Å². The Morgan fingerprint density at radius 1 is 1.42 bits per heavy atom. The molecule has 7 heteroatoms. The Kier molecular flexibility index (Phi) is 5.15. The molecule has 104 valence electrons. The van der Waals surface area contributed by atoms with E-state index in [1.54, 1.807) is 18.2 Å². The maximum Gasteiger partial charge on any atom is 0.215 e. The first-order chi connectivity index (χ1) is 8.90. The summed E-state index contributed by atoms with van der Waals surface area (Å²) < 4.78 is 29.4. The standard InChI is InChI=1S/C12H17N3O3S/c1-15(2)19(16,17)7-6-14-12-8-11(18-3)5-4-10(12)9-13/h4-5,8,14H,6-7H2,1-3H3. The number of sulfonamides is 1. The van der Waals surface area contributed by atoms with Crippen molar-refractivity contribution in [2.24, 2.45) is 0 Å². The summed E-state index contributed by atoms with van der Waals surface area (Å²) in [5, 5.41) is 11.9. The maximum atomic E-state index is 11.6. The maximum absolute atomic E-state index is 11.6. The lowest BCUT2D eigenvalue weighted by Crippen LogP contribution is -2.28. The third-order valence-corrected chi connectivity index (χ3v) is 4.41. The Morgan fingerprint density at radius 2 is 2.11 bits per heavy atom. The van der Waals surface area contributed by atoms with Crippen LogP contribution in [-0.2, 0) is 10.0 Å². The van der Waals surface area contributed by atoms with Crippen molar-refractivity contribution in [3.63, 3.8) is 0 Å². The minimum absolute atomic E-state index is 0.0396. The minimum Gasteiger partial charge on any atom is -0.497 e. The summed E-state index contributed by atoms with van der Waals surface area (Å²) in [7, 11) is 1.26. The molecular formula is C12H17N3O3S. The van der Waals surface area contributed by atoms with Gasteiger partial charge < -0.3 is 10.1 Å². The average Bonchev–Trinajstić information content (AvgIpc) is 2.38. The fourth-order valence-corrected chi connectivity index (χ4v) is 2.12. The van der Waals surface area contributed by atoms with Crippen LogP contribution in [0.2, 0.25) is 0 Å². The quantitative estimate of drug-likeness (QED) is 0.837. The number of anilines is 1. The van der Waals surface area contributed by atoms with Gasteiger partial charge in [-0.05, 0) is 12.1 Å². The van der Waals surface area contributed by atoms with Gasteiger partial charge in [-0.25, -0.2) is 12.7 Å². The molecule has 0 aliphatic heterocycles. The fourth-order valence-electron chi connectivity index (χ4n) is 1.39. The van der Waals surface area contributed by atoms with E-state index in [0.29, 0.717) is 17.0 Å². The molecule has 1 aromatic carbocycles. The smallest absolute Gasteiger partial charge is 0.215 e. The third kappa shape index (κ3) is 4.12.